The van der Waals surface area contributed by atoms with Gasteiger partial charge in [-0.1, -0.05) is 13.8 Å². The van der Waals surface area contributed by atoms with Gasteiger partial charge in [0.1, 0.15) is 11.5 Å². The lowest BCUT2D eigenvalue weighted by molar-refractivity contribution is -0.402. The second kappa shape index (κ2) is 7.35. The number of piperidine rings is 1. The average molecular weight is 365 g/mol. The van der Waals surface area contributed by atoms with Crippen LogP contribution in [-0.2, 0) is 4.74 Å². The van der Waals surface area contributed by atoms with Crippen LogP contribution in [0.1, 0.15) is 43.7 Å². The van der Waals surface area contributed by atoms with Crippen LogP contribution in [0.3, 0.4) is 0 Å². The minimum Gasteiger partial charge on any atom is -0.447 e. The summed E-state index contributed by atoms with van der Waals surface area (Å²) < 4.78 is 10.2. The number of hydrogen-bond donors (Lipinski definition) is 0. The average Bonchev–Trinajstić information content (AvgIpc) is 3.22. The van der Waals surface area contributed by atoms with Crippen molar-refractivity contribution >= 4 is 17.9 Å². The molecule has 9 nitrogen and oxygen atoms in total. The Balaban J connectivity index is 1.60. The number of amides is 2. The summed E-state index contributed by atoms with van der Waals surface area (Å²) in [5.41, 5.74) is 0. The fourth-order valence-electron chi connectivity index (χ4n) is 3.69. The molecule has 2 fully saturated rings. The molecule has 26 heavy (non-hydrogen) atoms. The molecule has 1 atom stereocenters. The van der Waals surface area contributed by atoms with E-state index in [-0.39, 0.29) is 29.8 Å². The molecule has 3 rings (SSSR count). The van der Waals surface area contributed by atoms with Crippen LogP contribution in [0, 0.1) is 16.0 Å². The van der Waals surface area contributed by atoms with Crippen LogP contribution >= 0.6 is 0 Å². The molecule has 142 valence electrons. The first-order valence-corrected chi connectivity index (χ1v) is 8.85. The fourth-order valence-corrected chi connectivity index (χ4v) is 3.69. The minimum absolute atomic E-state index is 0.0339. The van der Waals surface area contributed by atoms with Crippen LogP contribution in [-0.4, -0.2) is 58.5 Å². The van der Waals surface area contributed by atoms with E-state index in [1.807, 2.05) is 4.90 Å². The van der Waals surface area contributed by atoms with E-state index in [0.29, 0.717) is 38.5 Å². The number of carbonyl (C=O) groups is 2. The summed E-state index contributed by atoms with van der Waals surface area (Å²) in [5, 5.41) is 10.7. The summed E-state index contributed by atoms with van der Waals surface area (Å²) in [5.74, 6) is -0.374. The van der Waals surface area contributed by atoms with Crippen LogP contribution in [0.25, 0.3) is 0 Å². The fraction of sp³-hybridized carbons (Fsp3) is 0.647. The molecule has 0 N–H and O–H groups in total. The lowest BCUT2D eigenvalue weighted by Crippen LogP contribution is -2.50. The van der Waals surface area contributed by atoms with Crippen molar-refractivity contribution in [1.29, 1.82) is 0 Å². The maximum atomic E-state index is 12.4. The first kappa shape index (κ1) is 18.2. The first-order valence-electron chi connectivity index (χ1n) is 8.85. The zero-order valence-electron chi connectivity index (χ0n) is 14.9. The van der Waals surface area contributed by atoms with Crippen molar-refractivity contribution in [3.63, 3.8) is 0 Å². The molecule has 3 heterocycles. The van der Waals surface area contributed by atoms with Gasteiger partial charge in [-0.25, -0.2) is 4.79 Å². The van der Waals surface area contributed by atoms with E-state index in [1.165, 1.54) is 12.1 Å². The molecular formula is C17H23N3O6. The minimum atomic E-state index is -0.670. The zero-order chi connectivity index (χ0) is 18.8. The number of carbonyl (C=O) groups excluding carboxylic acids is 2. The Hall–Kier alpha value is -2.58. The Labute approximate surface area is 151 Å². The summed E-state index contributed by atoms with van der Waals surface area (Å²) >= 11 is 0. The smallest absolute Gasteiger partial charge is 0.433 e. The topological polar surface area (TPSA) is 106 Å². The molecular weight excluding hydrogens is 342 g/mol. The second-order valence-electron chi connectivity index (χ2n) is 7.19. The molecule has 0 spiro atoms. The third kappa shape index (κ3) is 3.66. The highest BCUT2D eigenvalue weighted by Gasteiger charge is 2.40. The maximum absolute atomic E-state index is 12.4. The lowest BCUT2D eigenvalue weighted by atomic mass is 9.98. The van der Waals surface area contributed by atoms with Gasteiger partial charge < -0.3 is 14.1 Å². The van der Waals surface area contributed by atoms with Crippen LogP contribution in [0.5, 0.6) is 0 Å². The van der Waals surface area contributed by atoms with Crippen molar-refractivity contribution in [2.24, 2.45) is 5.92 Å². The summed E-state index contributed by atoms with van der Waals surface area (Å²) in [4.78, 5) is 38.0. The van der Waals surface area contributed by atoms with Crippen molar-refractivity contribution in [2.45, 2.75) is 45.2 Å². The number of cyclic esters (lactones) is 1. The molecule has 1 unspecified atom stereocenters. The number of hydrogen-bond acceptors (Lipinski definition) is 6. The molecule has 0 saturated carbocycles. The van der Waals surface area contributed by atoms with Crippen molar-refractivity contribution in [1.82, 2.24) is 9.80 Å². The van der Waals surface area contributed by atoms with E-state index in [0.717, 1.165) is 6.42 Å². The summed E-state index contributed by atoms with van der Waals surface area (Å²) in [6, 6.07) is 2.63. The van der Waals surface area contributed by atoms with Crippen LogP contribution in [0.4, 0.5) is 10.7 Å². The quantitative estimate of drug-likeness (QED) is 0.586. The molecule has 2 aliphatic rings. The molecule has 2 aliphatic heterocycles. The lowest BCUT2D eigenvalue weighted by Gasteiger charge is -2.37. The van der Waals surface area contributed by atoms with Gasteiger partial charge in [0.2, 0.25) is 0 Å². The molecule has 2 saturated heterocycles. The van der Waals surface area contributed by atoms with Crippen LogP contribution in [0.2, 0.25) is 0 Å². The number of nitrogens with zero attached hydrogens (tertiary/aromatic N) is 3. The number of ether oxygens (including phenoxy) is 1. The van der Waals surface area contributed by atoms with Gasteiger partial charge in [0, 0.05) is 19.1 Å². The Bertz CT molecular complexity index is 692. The molecule has 9 heteroatoms. The Morgan fingerprint density at radius 2 is 2.04 bits per heavy atom. The van der Waals surface area contributed by atoms with Gasteiger partial charge in [-0.15, -0.1) is 0 Å². The number of furan rings is 1. The third-order valence-electron chi connectivity index (χ3n) is 4.87. The summed E-state index contributed by atoms with van der Waals surface area (Å²) in [6.07, 6.45) is 1.92. The monoisotopic (exact) mass is 365 g/mol. The molecule has 1 aromatic rings. The van der Waals surface area contributed by atoms with E-state index in [2.05, 4.69) is 13.8 Å². The second-order valence-corrected chi connectivity index (χ2v) is 7.19. The highest BCUT2D eigenvalue weighted by atomic mass is 16.6. The zero-order valence-corrected chi connectivity index (χ0v) is 14.9. The summed E-state index contributed by atoms with van der Waals surface area (Å²) in [6.45, 7) is 5.59. The van der Waals surface area contributed by atoms with Gasteiger partial charge in [-0.05, 0) is 31.2 Å². The highest BCUT2D eigenvalue weighted by molar-refractivity contribution is 5.91. The number of likely N-dealkylation sites (tertiary alicyclic amines) is 1. The molecule has 0 bridgehead atoms. The predicted molar refractivity (Wildman–Crippen MR) is 90.7 cm³/mol. The Morgan fingerprint density at radius 3 is 2.62 bits per heavy atom. The van der Waals surface area contributed by atoms with Gasteiger partial charge in [0.05, 0.1) is 12.1 Å². The Kier molecular flexibility index (Phi) is 5.15. The van der Waals surface area contributed by atoms with Gasteiger partial charge in [0.15, 0.2) is 5.76 Å². The van der Waals surface area contributed by atoms with Gasteiger partial charge in [-0.2, -0.15) is 0 Å². The molecule has 0 aromatic carbocycles. The normalized spacial score (nSPS) is 21.3. The standard InChI is InChI=1S/C17H23N3O6/c1-11(2)9-13-10-25-17(22)19(13)12-5-7-18(8-6-12)16(21)14-3-4-15(26-14)20(23)24/h3-4,11-13H,5-10H2,1-2H3. The molecule has 2 amide bonds. The van der Waals surface area contributed by atoms with Crippen molar-refractivity contribution in [3.8, 4) is 0 Å². The van der Waals surface area contributed by atoms with Gasteiger partial charge >= 0.3 is 12.0 Å². The van der Waals surface area contributed by atoms with Gasteiger partial charge in [-0.3, -0.25) is 19.8 Å². The van der Waals surface area contributed by atoms with E-state index < -0.39 is 10.8 Å². The largest absolute Gasteiger partial charge is 0.447 e. The van der Waals surface area contributed by atoms with E-state index >= 15 is 0 Å². The van der Waals surface area contributed by atoms with Gasteiger partial charge in [0.25, 0.3) is 5.91 Å². The summed E-state index contributed by atoms with van der Waals surface area (Å²) in [7, 11) is 0. The van der Waals surface area contributed by atoms with E-state index in [9.17, 15) is 19.7 Å². The first-order chi connectivity index (χ1) is 12.4. The van der Waals surface area contributed by atoms with E-state index in [1.54, 1.807) is 4.90 Å². The van der Waals surface area contributed by atoms with Crippen LogP contribution in [0.15, 0.2) is 16.5 Å². The number of nitro groups is 1. The molecule has 1 aromatic heterocycles. The van der Waals surface area contributed by atoms with Crippen LogP contribution < -0.4 is 0 Å². The molecule has 0 aliphatic carbocycles. The van der Waals surface area contributed by atoms with Crippen molar-refractivity contribution in [3.05, 3.63) is 28.0 Å². The highest BCUT2D eigenvalue weighted by Crippen LogP contribution is 2.28. The molecule has 0 radical (unpaired) electrons. The van der Waals surface area contributed by atoms with Crippen molar-refractivity contribution in [2.75, 3.05) is 19.7 Å². The third-order valence-corrected chi connectivity index (χ3v) is 4.87. The van der Waals surface area contributed by atoms with E-state index in [4.69, 9.17) is 9.15 Å². The number of rotatable bonds is 5. The SMILES string of the molecule is CC(C)CC1COC(=O)N1C1CCN(C(=O)c2ccc([N+](=O)[O-])o2)CC1. The maximum Gasteiger partial charge on any atom is 0.433 e. The predicted octanol–water partition coefficient (Wildman–Crippen LogP) is 2.66. The van der Waals surface area contributed by atoms with Crippen molar-refractivity contribution < 1.29 is 23.7 Å². The Morgan fingerprint density at radius 1 is 1.35 bits per heavy atom.